The smallest absolute Gasteiger partial charge is 0.341 e. The number of nitrogens with one attached hydrogen (secondary N) is 2. The molecule has 1 aromatic heterocycles. The Balaban J connectivity index is 1.32. The van der Waals surface area contributed by atoms with Crippen molar-refractivity contribution in [3.8, 4) is 5.75 Å². The molecule has 216 valence electrons. The number of anilines is 1. The molecular weight excluding hydrogens is 557 g/mol. The lowest BCUT2D eigenvalue weighted by atomic mass is 9.88. The molecule has 0 radical (unpaired) electrons. The van der Waals surface area contributed by atoms with Gasteiger partial charge in [-0.15, -0.1) is 11.3 Å². The summed E-state index contributed by atoms with van der Waals surface area (Å²) >= 11 is 1.31. The zero-order chi connectivity index (χ0) is 29.6. The van der Waals surface area contributed by atoms with Crippen LogP contribution in [0.3, 0.4) is 0 Å². The van der Waals surface area contributed by atoms with E-state index >= 15 is 0 Å². The van der Waals surface area contributed by atoms with Crippen LogP contribution in [0, 0.1) is 11.7 Å². The molecule has 0 unspecified atom stereocenters. The highest BCUT2D eigenvalue weighted by Gasteiger charge is 2.30. The zero-order valence-electron chi connectivity index (χ0n) is 23.2. The summed E-state index contributed by atoms with van der Waals surface area (Å²) < 4.78 is 24.5. The molecule has 0 aliphatic heterocycles. The Morgan fingerprint density at radius 3 is 2.64 bits per heavy atom. The number of halogens is 1. The van der Waals surface area contributed by atoms with Crippen molar-refractivity contribution < 1.29 is 28.2 Å². The number of nitrogens with zero attached hydrogens (tertiary/aromatic N) is 1. The van der Waals surface area contributed by atoms with Gasteiger partial charge in [0.05, 0.1) is 18.4 Å². The minimum atomic E-state index is -0.991. The first-order valence-corrected chi connectivity index (χ1v) is 14.5. The fourth-order valence-electron chi connectivity index (χ4n) is 4.90. The van der Waals surface area contributed by atoms with Gasteiger partial charge in [-0.3, -0.25) is 9.59 Å². The molecule has 42 heavy (non-hydrogen) atoms. The predicted molar refractivity (Wildman–Crippen MR) is 161 cm³/mol. The third kappa shape index (κ3) is 6.49. The van der Waals surface area contributed by atoms with Crippen molar-refractivity contribution in [1.29, 1.82) is 0 Å². The minimum Gasteiger partial charge on any atom is -0.488 e. The SMILES string of the molecule is CCOC(=O)c1c(NC(=O)C(=O)N/N=C\c2c(OCc3ccc(F)cc3)ccc3ccccc23)sc2c1CC[C@H](C)C2. The van der Waals surface area contributed by atoms with Gasteiger partial charge in [0.15, 0.2) is 0 Å². The standard InChI is InChI=1S/C32H30FN3O5S/c1-3-40-32(39)28-24-14-8-19(2)16-27(24)42-31(28)35-29(37)30(38)36-34-17-25-23-7-5-4-6-21(23)11-15-26(25)41-18-20-9-12-22(33)13-10-20/h4-7,9-13,15,17,19H,3,8,14,16,18H2,1-2H3,(H,35,37)(H,36,38)/b34-17-/t19-/m0/s1. The van der Waals surface area contributed by atoms with Crippen molar-refractivity contribution in [2.45, 2.75) is 39.7 Å². The van der Waals surface area contributed by atoms with Crippen molar-refractivity contribution in [2.24, 2.45) is 11.0 Å². The summed E-state index contributed by atoms with van der Waals surface area (Å²) in [5, 5.41) is 8.70. The molecular formula is C32H30FN3O5S. The first-order chi connectivity index (χ1) is 20.3. The van der Waals surface area contributed by atoms with Gasteiger partial charge in [0.25, 0.3) is 0 Å². The van der Waals surface area contributed by atoms with Crippen LogP contribution in [0.5, 0.6) is 5.75 Å². The molecule has 0 fully saturated rings. The fraction of sp³-hybridized carbons (Fsp3) is 0.250. The maximum absolute atomic E-state index is 13.3. The monoisotopic (exact) mass is 587 g/mol. The number of fused-ring (bicyclic) bond motifs is 2. The molecule has 1 heterocycles. The summed E-state index contributed by atoms with van der Waals surface area (Å²) in [6.07, 6.45) is 3.87. The number of hydrogen-bond acceptors (Lipinski definition) is 7. The number of rotatable bonds is 8. The van der Waals surface area contributed by atoms with E-state index in [0.717, 1.165) is 39.6 Å². The average Bonchev–Trinajstić information content (AvgIpc) is 3.34. The predicted octanol–water partition coefficient (Wildman–Crippen LogP) is 6.01. The first kappa shape index (κ1) is 28.9. The topological polar surface area (TPSA) is 106 Å². The number of ether oxygens (including phenoxy) is 2. The van der Waals surface area contributed by atoms with Crippen LogP contribution in [0.2, 0.25) is 0 Å². The van der Waals surface area contributed by atoms with Crippen LogP contribution >= 0.6 is 11.3 Å². The Labute approximate surface area is 246 Å². The van der Waals surface area contributed by atoms with E-state index in [4.69, 9.17) is 9.47 Å². The Morgan fingerprint density at radius 2 is 1.86 bits per heavy atom. The maximum Gasteiger partial charge on any atom is 0.341 e. The largest absolute Gasteiger partial charge is 0.488 e. The molecule has 1 atom stereocenters. The van der Waals surface area contributed by atoms with Gasteiger partial charge in [-0.1, -0.05) is 49.4 Å². The van der Waals surface area contributed by atoms with E-state index < -0.39 is 17.8 Å². The summed E-state index contributed by atoms with van der Waals surface area (Å²) in [4.78, 5) is 39.3. The molecule has 0 saturated heterocycles. The Kier molecular flexibility index (Phi) is 8.92. The maximum atomic E-state index is 13.3. The van der Waals surface area contributed by atoms with Crippen LogP contribution in [0.4, 0.5) is 9.39 Å². The third-order valence-corrected chi connectivity index (χ3v) is 8.19. The van der Waals surface area contributed by atoms with Gasteiger partial charge in [-0.2, -0.15) is 5.10 Å². The van der Waals surface area contributed by atoms with E-state index in [1.165, 1.54) is 29.7 Å². The molecule has 0 spiro atoms. The highest BCUT2D eigenvalue weighted by molar-refractivity contribution is 7.17. The lowest BCUT2D eigenvalue weighted by Gasteiger charge is -2.18. The molecule has 5 rings (SSSR count). The molecule has 3 aromatic carbocycles. The second kappa shape index (κ2) is 12.9. The van der Waals surface area contributed by atoms with Crippen LogP contribution in [0.25, 0.3) is 10.8 Å². The summed E-state index contributed by atoms with van der Waals surface area (Å²) in [6, 6.07) is 17.3. The van der Waals surface area contributed by atoms with Crippen molar-refractivity contribution >= 4 is 51.1 Å². The van der Waals surface area contributed by atoms with Crippen LogP contribution < -0.4 is 15.5 Å². The first-order valence-electron chi connectivity index (χ1n) is 13.7. The van der Waals surface area contributed by atoms with Gasteiger partial charge in [-0.25, -0.2) is 14.6 Å². The van der Waals surface area contributed by atoms with E-state index in [1.807, 2.05) is 30.3 Å². The second-order valence-corrected chi connectivity index (χ2v) is 11.1. The number of hydrazone groups is 1. The normalized spacial score (nSPS) is 14.4. The fourth-order valence-corrected chi connectivity index (χ4v) is 6.29. The van der Waals surface area contributed by atoms with E-state index in [0.29, 0.717) is 34.2 Å². The van der Waals surface area contributed by atoms with E-state index in [1.54, 1.807) is 25.1 Å². The van der Waals surface area contributed by atoms with Crippen LogP contribution in [0.1, 0.15) is 52.2 Å². The molecule has 4 aromatic rings. The van der Waals surface area contributed by atoms with Crippen molar-refractivity contribution in [1.82, 2.24) is 5.43 Å². The molecule has 1 aliphatic carbocycles. The summed E-state index contributed by atoms with van der Waals surface area (Å²) in [5.74, 6) is -1.82. The van der Waals surface area contributed by atoms with Crippen molar-refractivity contribution in [3.63, 3.8) is 0 Å². The van der Waals surface area contributed by atoms with Crippen LogP contribution in [0.15, 0.2) is 65.8 Å². The summed E-state index contributed by atoms with van der Waals surface area (Å²) in [6.45, 7) is 4.26. The molecule has 10 heteroatoms. The number of carbonyl (C=O) groups excluding carboxylic acids is 3. The summed E-state index contributed by atoms with van der Waals surface area (Å²) in [5.41, 5.74) is 4.86. The number of hydrogen-bond donors (Lipinski definition) is 2. The quantitative estimate of drug-likeness (QED) is 0.114. The van der Waals surface area contributed by atoms with Gasteiger partial charge in [-0.05, 0) is 72.2 Å². The number of thiophene rings is 1. The second-order valence-electron chi connectivity index (χ2n) is 10.0. The molecule has 8 nitrogen and oxygen atoms in total. The lowest BCUT2D eigenvalue weighted by Crippen LogP contribution is -2.32. The van der Waals surface area contributed by atoms with Crippen molar-refractivity contribution in [3.05, 3.63) is 93.6 Å². The minimum absolute atomic E-state index is 0.195. The number of amides is 2. The van der Waals surface area contributed by atoms with Crippen LogP contribution in [-0.2, 0) is 33.8 Å². The molecule has 2 amide bonds. The summed E-state index contributed by atoms with van der Waals surface area (Å²) in [7, 11) is 0. The molecule has 0 bridgehead atoms. The van der Waals surface area contributed by atoms with Gasteiger partial charge in [0.1, 0.15) is 23.2 Å². The highest BCUT2D eigenvalue weighted by atomic mass is 32.1. The zero-order valence-corrected chi connectivity index (χ0v) is 24.1. The van der Waals surface area contributed by atoms with E-state index in [2.05, 4.69) is 22.8 Å². The van der Waals surface area contributed by atoms with Gasteiger partial charge in [0.2, 0.25) is 0 Å². The third-order valence-electron chi connectivity index (χ3n) is 7.02. The molecule has 0 saturated carbocycles. The Hall–Kier alpha value is -4.57. The van der Waals surface area contributed by atoms with Gasteiger partial charge >= 0.3 is 17.8 Å². The van der Waals surface area contributed by atoms with E-state index in [-0.39, 0.29) is 19.0 Å². The number of carbonyl (C=O) groups is 3. The molecule has 2 N–H and O–H groups in total. The van der Waals surface area contributed by atoms with E-state index in [9.17, 15) is 18.8 Å². The number of benzene rings is 3. The van der Waals surface area contributed by atoms with Gasteiger partial charge < -0.3 is 14.8 Å². The highest BCUT2D eigenvalue weighted by Crippen LogP contribution is 2.40. The number of esters is 1. The Morgan fingerprint density at radius 1 is 1.07 bits per heavy atom. The van der Waals surface area contributed by atoms with Crippen LogP contribution in [-0.4, -0.2) is 30.6 Å². The Bertz CT molecular complexity index is 1660. The van der Waals surface area contributed by atoms with Gasteiger partial charge in [0, 0.05) is 10.4 Å². The van der Waals surface area contributed by atoms with Crippen molar-refractivity contribution in [2.75, 3.05) is 11.9 Å². The lowest BCUT2D eigenvalue weighted by molar-refractivity contribution is -0.136. The average molecular weight is 588 g/mol. The molecule has 1 aliphatic rings.